The number of H-pyrrole nitrogens is 1. The summed E-state index contributed by atoms with van der Waals surface area (Å²) in [7, 11) is 0. The number of halogens is 1. The van der Waals surface area contributed by atoms with E-state index in [1.165, 1.54) is 6.07 Å². The number of non-ortho nitro benzene ring substituents is 1. The lowest BCUT2D eigenvalue weighted by atomic mass is 10.1. The van der Waals surface area contributed by atoms with Gasteiger partial charge in [-0.05, 0) is 13.0 Å². The van der Waals surface area contributed by atoms with E-state index in [0.29, 0.717) is 0 Å². The molecule has 0 unspecified atom stereocenters. The highest BCUT2D eigenvalue weighted by molar-refractivity contribution is 6.11. The van der Waals surface area contributed by atoms with Gasteiger partial charge in [0.05, 0.1) is 11.5 Å². The van der Waals surface area contributed by atoms with E-state index in [0.717, 1.165) is 41.1 Å². The average molecular weight is 281 g/mol. The zero-order chi connectivity index (χ0) is 12.7. The quantitative estimate of drug-likeness (QED) is 0.653. The lowest BCUT2D eigenvalue weighted by Gasteiger charge is -2.02. The van der Waals surface area contributed by atoms with Crippen LogP contribution in [0, 0.1) is 17.0 Å². The maximum atomic E-state index is 10.8. The van der Waals surface area contributed by atoms with Crippen molar-refractivity contribution in [3.8, 4) is 0 Å². The number of benzene rings is 1. The van der Waals surface area contributed by atoms with Crippen LogP contribution in [0.25, 0.3) is 10.9 Å². The molecule has 0 fully saturated rings. The van der Waals surface area contributed by atoms with Crippen LogP contribution in [0.4, 0.5) is 5.69 Å². The summed E-state index contributed by atoms with van der Waals surface area (Å²) in [6.07, 6.45) is 0. The Hall–Kier alpha value is -2.08. The second-order valence-electron chi connectivity index (χ2n) is 4.27. The van der Waals surface area contributed by atoms with Crippen LogP contribution in [0.2, 0.25) is 0 Å². The van der Waals surface area contributed by atoms with Crippen molar-refractivity contribution < 1.29 is 4.92 Å². The zero-order valence-corrected chi connectivity index (χ0v) is 11.1. The third-order valence-electron chi connectivity index (χ3n) is 3.09. The summed E-state index contributed by atoms with van der Waals surface area (Å²) in [4.78, 5) is 18.1. The molecule has 2 heterocycles. The van der Waals surface area contributed by atoms with Crippen molar-refractivity contribution >= 4 is 34.8 Å². The van der Waals surface area contributed by atoms with Gasteiger partial charge < -0.3 is 10.3 Å². The summed E-state index contributed by atoms with van der Waals surface area (Å²) >= 11 is 0. The van der Waals surface area contributed by atoms with Crippen molar-refractivity contribution in [2.24, 2.45) is 4.99 Å². The summed E-state index contributed by atoms with van der Waals surface area (Å²) in [6.45, 7) is 3.51. The van der Waals surface area contributed by atoms with E-state index >= 15 is 0 Å². The monoisotopic (exact) mass is 280 g/mol. The van der Waals surface area contributed by atoms with Crippen LogP contribution < -0.4 is 5.32 Å². The Morgan fingerprint density at radius 1 is 1.42 bits per heavy atom. The number of nitrogens with zero attached hydrogens (tertiary/aromatic N) is 2. The number of aryl methyl sites for hydroxylation is 1. The Morgan fingerprint density at radius 3 is 2.84 bits per heavy atom. The normalized spacial score (nSPS) is 13.8. The number of aromatic amines is 1. The highest BCUT2D eigenvalue weighted by Crippen LogP contribution is 2.26. The average Bonchev–Trinajstić information content (AvgIpc) is 2.93. The molecule has 0 spiro atoms. The summed E-state index contributed by atoms with van der Waals surface area (Å²) in [5, 5.41) is 14.9. The first-order chi connectivity index (χ1) is 8.66. The number of amidine groups is 1. The predicted octanol–water partition coefficient (Wildman–Crippen LogP) is 2.16. The van der Waals surface area contributed by atoms with Crippen molar-refractivity contribution in [2.75, 3.05) is 13.1 Å². The fourth-order valence-corrected chi connectivity index (χ4v) is 2.30. The summed E-state index contributed by atoms with van der Waals surface area (Å²) < 4.78 is 0. The molecule has 7 heteroatoms. The van der Waals surface area contributed by atoms with Gasteiger partial charge in [-0.3, -0.25) is 15.1 Å². The van der Waals surface area contributed by atoms with E-state index in [9.17, 15) is 10.1 Å². The number of fused-ring (bicyclic) bond motifs is 1. The molecule has 0 radical (unpaired) electrons. The lowest BCUT2D eigenvalue weighted by molar-refractivity contribution is -0.384. The molecule has 0 aliphatic carbocycles. The lowest BCUT2D eigenvalue weighted by Crippen LogP contribution is -2.19. The third-order valence-corrected chi connectivity index (χ3v) is 3.09. The van der Waals surface area contributed by atoms with Gasteiger partial charge in [0.1, 0.15) is 5.84 Å². The molecule has 0 saturated heterocycles. The molecule has 0 bridgehead atoms. The molecule has 19 heavy (non-hydrogen) atoms. The molecule has 100 valence electrons. The standard InChI is InChI=1S/C12H12N4O2.ClH/c1-7-11(12-13-4-5-14-12)9-6-8(16(17)18)2-3-10(9)15-7;/h2-3,6,15H,4-5H2,1H3,(H,13,14);1H. The maximum absolute atomic E-state index is 10.8. The van der Waals surface area contributed by atoms with E-state index in [1.807, 2.05) is 6.92 Å². The van der Waals surface area contributed by atoms with Crippen LogP contribution in [-0.4, -0.2) is 28.8 Å². The molecule has 1 aliphatic rings. The Balaban J connectivity index is 0.00000133. The van der Waals surface area contributed by atoms with Crippen LogP contribution in [0.5, 0.6) is 0 Å². The highest BCUT2D eigenvalue weighted by atomic mass is 35.5. The Morgan fingerprint density at radius 2 is 2.21 bits per heavy atom. The molecule has 0 amide bonds. The van der Waals surface area contributed by atoms with E-state index in [-0.39, 0.29) is 23.0 Å². The van der Waals surface area contributed by atoms with Crippen LogP contribution in [0.3, 0.4) is 0 Å². The highest BCUT2D eigenvalue weighted by Gasteiger charge is 2.18. The predicted molar refractivity (Wildman–Crippen MR) is 76.3 cm³/mol. The van der Waals surface area contributed by atoms with E-state index < -0.39 is 0 Å². The Bertz CT molecular complexity index is 678. The maximum Gasteiger partial charge on any atom is 0.270 e. The SMILES string of the molecule is Cc1[nH]c2ccc([N+](=O)[O-])cc2c1C1=NCCN1.Cl. The number of nitrogens with one attached hydrogen (secondary N) is 2. The molecule has 2 aromatic rings. The molecule has 1 aliphatic heterocycles. The van der Waals surface area contributed by atoms with Gasteiger partial charge in [-0.15, -0.1) is 12.4 Å². The first-order valence-electron chi connectivity index (χ1n) is 5.72. The molecule has 1 aromatic heterocycles. The minimum atomic E-state index is -0.380. The molecule has 1 aromatic carbocycles. The largest absolute Gasteiger partial charge is 0.368 e. The number of aromatic nitrogens is 1. The molecule has 6 nitrogen and oxygen atoms in total. The molecule has 2 N–H and O–H groups in total. The van der Waals surface area contributed by atoms with Crippen LogP contribution >= 0.6 is 12.4 Å². The van der Waals surface area contributed by atoms with Crippen LogP contribution in [0.15, 0.2) is 23.2 Å². The molecule has 0 saturated carbocycles. The summed E-state index contributed by atoms with van der Waals surface area (Å²) in [5.41, 5.74) is 2.90. The van der Waals surface area contributed by atoms with Gasteiger partial charge in [-0.2, -0.15) is 0 Å². The zero-order valence-electron chi connectivity index (χ0n) is 10.3. The number of rotatable bonds is 2. The van der Waals surface area contributed by atoms with E-state index in [1.54, 1.807) is 12.1 Å². The van der Waals surface area contributed by atoms with E-state index in [2.05, 4.69) is 15.3 Å². The number of hydrogen-bond acceptors (Lipinski definition) is 4. The van der Waals surface area contributed by atoms with Crippen molar-refractivity contribution in [2.45, 2.75) is 6.92 Å². The van der Waals surface area contributed by atoms with Gasteiger partial charge in [0.15, 0.2) is 0 Å². The fourth-order valence-electron chi connectivity index (χ4n) is 2.30. The smallest absolute Gasteiger partial charge is 0.270 e. The molecular formula is C12H13ClN4O2. The van der Waals surface area contributed by atoms with Crippen molar-refractivity contribution in [1.82, 2.24) is 10.3 Å². The number of nitro benzene ring substituents is 1. The van der Waals surface area contributed by atoms with Crippen molar-refractivity contribution in [3.63, 3.8) is 0 Å². The van der Waals surface area contributed by atoms with Crippen LogP contribution in [-0.2, 0) is 0 Å². The molecule has 3 rings (SSSR count). The van der Waals surface area contributed by atoms with Gasteiger partial charge in [0.25, 0.3) is 5.69 Å². The second-order valence-corrected chi connectivity index (χ2v) is 4.27. The Kier molecular flexibility index (Phi) is 3.44. The molecular weight excluding hydrogens is 268 g/mol. The van der Waals surface area contributed by atoms with Gasteiger partial charge in [0.2, 0.25) is 0 Å². The minimum absolute atomic E-state index is 0. The van der Waals surface area contributed by atoms with Crippen molar-refractivity contribution in [3.05, 3.63) is 39.6 Å². The van der Waals surface area contributed by atoms with Gasteiger partial charge >= 0.3 is 0 Å². The van der Waals surface area contributed by atoms with Crippen LogP contribution in [0.1, 0.15) is 11.3 Å². The summed E-state index contributed by atoms with van der Waals surface area (Å²) in [5.74, 6) is 0.819. The number of nitro groups is 1. The first-order valence-corrected chi connectivity index (χ1v) is 5.72. The molecule has 0 atom stereocenters. The number of hydrogen-bond donors (Lipinski definition) is 2. The minimum Gasteiger partial charge on any atom is -0.368 e. The van der Waals surface area contributed by atoms with Gasteiger partial charge in [0, 0.05) is 40.8 Å². The topological polar surface area (TPSA) is 83.3 Å². The first kappa shape index (κ1) is 13.4. The fraction of sp³-hybridized carbons (Fsp3) is 0.250. The number of aliphatic imine (C=N–C) groups is 1. The third kappa shape index (κ3) is 2.15. The van der Waals surface area contributed by atoms with Gasteiger partial charge in [-0.25, -0.2) is 0 Å². The van der Waals surface area contributed by atoms with E-state index in [4.69, 9.17) is 0 Å². The second kappa shape index (κ2) is 4.89. The Labute approximate surface area is 115 Å². The van der Waals surface area contributed by atoms with Crippen molar-refractivity contribution in [1.29, 1.82) is 0 Å². The van der Waals surface area contributed by atoms with Gasteiger partial charge in [-0.1, -0.05) is 0 Å². The summed E-state index contributed by atoms with van der Waals surface area (Å²) in [6, 6.07) is 4.84.